The van der Waals surface area contributed by atoms with Gasteiger partial charge in [-0.15, -0.1) is 0 Å². The van der Waals surface area contributed by atoms with E-state index in [2.05, 4.69) is 11.8 Å². The second-order valence-corrected chi connectivity index (χ2v) is 4.72. The summed E-state index contributed by atoms with van der Waals surface area (Å²) in [6.45, 7) is 7.78. The van der Waals surface area contributed by atoms with Crippen molar-refractivity contribution in [2.75, 3.05) is 33.3 Å². The molecule has 1 amide bonds. The summed E-state index contributed by atoms with van der Waals surface area (Å²) in [5.41, 5.74) is 0. The van der Waals surface area contributed by atoms with Crippen molar-refractivity contribution < 1.29 is 9.53 Å². The summed E-state index contributed by atoms with van der Waals surface area (Å²) in [5.74, 6) is 0.250. The zero-order valence-electron chi connectivity index (χ0n) is 11.4. The Morgan fingerprint density at radius 2 is 2.18 bits per heavy atom. The van der Waals surface area contributed by atoms with Gasteiger partial charge < -0.3 is 9.64 Å². The largest absolute Gasteiger partial charge is 0.362 e. The van der Waals surface area contributed by atoms with Gasteiger partial charge in [0.2, 0.25) is 5.91 Å². The van der Waals surface area contributed by atoms with Crippen molar-refractivity contribution in [3.63, 3.8) is 0 Å². The van der Waals surface area contributed by atoms with E-state index in [4.69, 9.17) is 4.74 Å². The molecular formula is C13H26N2O2. The molecule has 4 nitrogen and oxygen atoms in total. The summed E-state index contributed by atoms with van der Waals surface area (Å²) in [6, 6.07) is 0. The predicted molar refractivity (Wildman–Crippen MR) is 68.8 cm³/mol. The Bertz CT molecular complexity index is 233. The van der Waals surface area contributed by atoms with Crippen LogP contribution in [0.25, 0.3) is 0 Å². The van der Waals surface area contributed by atoms with E-state index in [0.717, 1.165) is 45.5 Å². The van der Waals surface area contributed by atoms with Gasteiger partial charge in [-0.1, -0.05) is 20.3 Å². The predicted octanol–water partition coefficient (Wildman–Crippen LogP) is 1.70. The molecule has 1 rings (SSSR count). The van der Waals surface area contributed by atoms with Gasteiger partial charge in [-0.25, -0.2) is 0 Å². The highest BCUT2D eigenvalue weighted by Crippen LogP contribution is 2.14. The van der Waals surface area contributed by atoms with E-state index in [-0.39, 0.29) is 12.1 Å². The summed E-state index contributed by atoms with van der Waals surface area (Å²) in [4.78, 5) is 15.8. The van der Waals surface area contributed by atoms with Gasteiger partial charge in [0.1, 0.15) is 6.23 Å². The molecule has 0 bridgehead atoms. The molecule has 1 aliphatic rings. The SMILES string of the molecule is CCCC(=O)N(C)CCN1CCOC1CCC. The maximum atomic E-state index is 11.6. The van der Waals surface area contributed by atoms with E-state index in [1.54, 1.807) is 0 Å². The van der Waals surface area contributed by atoms with Crippen LogP contribution in [0.15, 0.2) is 0 Å². The minimum atomic E-state index is 0.250. The van der Waals surface area contributed by atoms with Crippen molar-refractivity contribution in [2.24, 2.45) is 0 Å². The lowest BCUT2D eigenvalue weighted by Gasteiger charge is -2.25. The van der Waals surface area contributed by atoms with Crippen LogP contribution in [-0.4, -0.2) is 55.2 Å². The lowest BCUT2D eigenvalue weighted by atomic mass is 10.2. The number of likely N-dealkylation sites (N-methyl/N-ethyl adjacent to an activating group) is 1. The van der Waals surface area contributed by atoms with Crippen molar-refractivity contribution in [3.8, 4) is 0 Å². The molecule has 1 saturated heterocycles. The number of carbonyl (C=O) groups is 1. The van der Waals surface area contributed by atoms with Crippen LogP contribution in [0.4, 0.5) is 0 Å². The quantitative estimate of drug-likeness (QED) is 0.681. The Kier molecular flexibility index (Phi) is 6.52. The summed E-state index contributed by atoms with van der Waals surface area (Å²) in [5, 5.41) is 0. The van der Waals surface area contributed by atoms with Gasteiger partial charge in [-0.2, -0.15) is 0 Å². The molecule has 0 spiro atoms. The first-order valence-corrected chi connectivity index (χ1v) is 6.78. The second-order valence-electron chi connectivity index (χ2n) is 4.72. The smallest absolute Gasteiger partial charge is 0.222 e. The van der Waals surface area contributed by atoms with E-state index >= 15 is 0 Å². The number of ether oxygens (including phenoxy) is 1. The molecule has 4 heteroatoms. The van der Waals surface area contributed by atoms with Gasteiger partial charge in [0.05, 0.1) is 6.61 Å². The third-order valence-electron chi connectivity index (χ3n) is 3.24. The van der Waals surface area contributed by atoms with Crippen molar-refractivity contribution in [1.82, 2.24) is 9.80 Å². The topological polar surface area (TPSA) is 32.8 Å². The zero-order chi connectivity index (χ0) is 12.7. The molecule has 0 aromatic rings. The Labute approximate surface area is 105 Å². The molecule has 100 valence electrons. The first-order valence-electron chi connectivity index (χ1n) is 6.78. The highest BCUT2D eigenvalue weighted by Gasteiger charge is 2.24. The highest BCUT2D eigenvalue weighted by molar-refractivity contribution is 5.75. The van der Waals surface area contributed by atoms with Gasteiger partial charge in [0.15, 0.2) is 0 Å². The minimum absolute atomic E-state index is 0.250. The molecule has 1 heterocycles. The monoisotopic (exact) mass is 242 g/mol. The number of rotatable bonds is 7. The van der Waals surface area contributed by atoms with E-state index in [0.29, 0.717) is 6.42 Å². The minimum Gasteiger partial charge on any atom is -0.362 e. The third-order valence-corrected chi connectivity index (χ3v) is 3.24. The molecule has 0 radical (unpaired) electrons. The van der Waals surface area contributed by atoms with Crippen LogP contribution < -0.4 is 0 Å². The first kappa shape index (κ1) is 14.5. The maximum absolute atomic E-state index is 11.6. The molecule has 1 aliphatic heterocycles. The van der Waals surface area contributed by atoms with Crippen LogP contribution in [0.3, 0.4) is 0 Å². The summed E-state index contributed by atoms with van der Waals surface area (Å²) >= 11 is 0. The van der Waals surface area contributed by atoms with Crippen LogP contribution >= 0.6 is 0 Å². The van der Waals surface area contributed by atoms with Crippen LogP contribution in [-0.2, 0) is 9.53 Å². The lowest BCUT2D eigenvalue weighted by Crippen LogP contribution is -2.38. The molecular weight excluding hydrogens is 216 g/mol. The van der Waals surface area contributed by atoms with Crippen molar-refractivity contribution in [2.45, 2.75) is 45.8 Å². The number of hydrogen-bond donors (Lipinski definition) is 0. The average molecular weight is 242 g/mol. The molecule has 1 fully saturated rings. The van der Waals surface area contributed by atoms with Gasteiger partial charge in [0, 0.05) is 33.1 Å². The van der Waals surface area contributed by atoms with E-state index in [1.165, 1.54) is 0 Å². The van der Waals surface area contributed by atoms with Crippen LogP contribution in [0.5, 0.6) is 0 Å². The highest BCUT2D eigenvalue weighted by atomic mass is 16.5. The van der Waals surface area contributed by atoms with Crippen LogP contribution in [0.2, 0.25) is 0 Å². The number of hydrogen-bond acceptors (Lipinski definition) is 3. The van der Waals surface area contributed by atoms with Crippen molar-refractivity contribution in [3.05, 3.63) is 0 Å². The Morgan fingerprint density at radius 1 is 1.41 bits per heavy atom. The van der Waals surface area contributed by atoms with E-state index in [1.807, 2.05) is 18.9 Å². The van der Waals surface area contributed by atoms with Crippen LogP contribution in [0, 0.1) is 0 Å². The Balaban J connectivity index is 2.27. The summed E-state index contributed by atoms with van der Waals surface area (Å²) in [6.07, 6.45) is 4.09. The Hall–Kier alpha value is -0.610. The zero-order valence-corrected chi connectivity index (χ0v) is 11.4. The normalized spacial score (nSPS) is 20.8. The average Bonchev–Trinajstić information content (AvgIpc) is 2.74. The third kappa shape index (κ3) is 4.64. The number of carbonyl (C=O) groups excluding carboxylic acids is 1. The van der Waals surface area contributed by atoms with Crippen molar-refractivity contribution in [1.29, 1.82) is 0 Å². The molecule has 0 N–H and O–H groups in total. The van der Waals surface area contributed by atoms with E-state index in [9.17, 15) is 4.79 Å². The van der Waals surface area contributed by atoms with Gasteiger partial charge in [-0.3, -0.25) is 9.69 Å². The summed E-state index contributed by atoms with van der Waals surface area (Å²) in [7, 11) is 1.89. The first-order chi connectivity index (χ1) is 8.19. The van der Waals surface area contributed by atoms with Gasteiger partial charge in [-0.05, 0) is 12.8 Å². The van der Waals surface area contributed by atoms with Crippen LogP contribution in [0.1, 0.15) is 39.5 Å². The number of nitrogens with zero attached hydrogens (tertiary/aromatic N) is 2. The molecule has 1 unspecified atom stereocenters. The fourth-order valence-electron chi connectivity index (χ4n) is 2.13. The van der Waals surface area contributed by atoms with Crippen molar-refractivity contribution >= 4 is 5.91 Å². The fraction of sp³-hybridized carbons (Fsp3) is 0.923. The molecule has 0 aromatic carbocycles. The fourth-order valence-corrected chi connectivity index (χ4v) is 2.13. The van der Waals surface area contributed by atoms with Gasteiger partial charge >= 0.3 is 0 Å². The molecule has 17 heavy (non-hydrogen) atoms. The molecule has 1 atom stereocenters. The molecule has 0 saturated carbocycles. The Morgan fingerprint density at radius 3 is 2.82 bits per heavy atom. The molecule has 0 aromatic heterocycles. The number of amides is 1. The summed E-state index contributed by atoms with van der Waals surface area (Å²) < 4.78 is 5.67. The molecule has 0 aliphatic carbocycles. The lowest BCUT2D eigenvalue weighted by molar-refractivity contribution is -0.130. The van der Waals surface area contributed by atoms with Gasteiger partial charge in [0.25, 0.3) is 0 Å². The van der Waals surface area contributed by atoms with E-state index < -0.39 is 0 Å². The standard InChI is InChI=1S/C13H26N2O2/c1-4-6-12(16)14(3)8-9-15-10-11-17-13(15)7-5-2/h13H,4-11H2,1-3H3. The maximum Gasteiger partial charge on any atom is 0.222 e. The second kappa shape index (κ2) is 7.67.